The molecule has 0 aliphatic rings. The molecule has 0 fully saturated rings. The van der Waals surface area contributed by atoms with Crippen molar-refractivity contribution in [3.05, 3.63) is 65.7 Å². The van der Waals surface area contributed by atoms with Gasteiger partial charge in [0.1, 0.15) is 0 Å². The van der Waals surface area contributed by atoms with Gasteiger partial charge in [-0.1, -0.05) is 30.3 Å². The van der Waals surface area contributed by atoms with Gasteiger partial charge in [0.05, 0.1) is 10.9 Å². The molecule has 0 aromatic heterocycles. The molecule has 4 nitrogen and oxygen atoms in total. The van der Waals surface area contributed by atoms with E-state index < -0.39 is 9.84 Å². The van der Waals surface area contributed by atoms with Gasteiger partial charge in [-0.05, 0) is 36.8 Å². The summed E-state index contributed by atoms with van der Waals surface area (Å²) >= 11 is 0. The zero-order chi connectivity index (χ0) is 15.5. The van der Waals surface area contributed by atoms with Crippen LogP contribution in [0.25, 0.3) is 0 Å². The van der Waals surface area contributed by atoms with Crippen molar-refractivity contribution in [3.8, 4) is 0 Å². The Balaban J connectivity index is 2.11. The van der Waals surface area contributed by atoms with Crippen LogP contribution in [0.5, 0.6) is 0 Å². The van der Waals surface area contributed by atoms with Crippen LogP contribution < -0.4 is 5.32 Å². The van der Waals surface area contributed by atoms with Gasteiger partial charge in [-0.2, -0.15) is 0 Å². The largest absolute Gasteiger partial charge is 0.346 e. The minimum atomic E-state index is -3.24. The van der Waals surface area contributed by atoms with E-state index in [1.807, 2.05) is 37.3 Å². The summed E-state index contributed by atoms with van der Waals surface area (Å²) in [6.07, 6.45) is 1.14. The summed E-state index contributed by atoms with van der Waals surface area (Å²) in [7, 11) is -3.24. The van der Waals surface area contributed by atoms with Crippen LogP contribution in [0.2, 0.25) is 0 Å². The van der Waals surface area contributed by atoms with Crippen molar-refractivity contribution in [3.63, 3.8) is 0 Å². The number of carbonyl (C=O) groups is 1. The van der Waals surface area contributed by atoms with E-state index in [0.29, 0.717) is 5.56 Å². The highest BCUT2D eigenvalue weighted by Gasteiger charge is 2.12. The lowest BCUT2D eigenvalue weighted by Crippen LogP contribution is -2.26. The fraction of sp³-hybridized carbons (Fsp3) is 0.188. The summed E-state index contributed by atoms with van der Waals surface area (Å²) in [5.74, 6) is -0.230. The van der Waals surface area contributed by atoms with E-state index in [-0.39, 0.29) is 16.8 Å². The molecule has 0 saturated heterocycles. The Hall–Kier alpha value is -2.14. The van der Waals surface area contributed by atoms with Gasteiger partial charge in [0.25, 0.3) is 5.91 Å². The van der Waals surface area contributed by atoms with E-state index in [1.54, 1.807) is 0 Å². The van der Waals surface area contributed by atoms with Gasteiger partial charge in [-0.15, -0.1) is 0 Å². The molecule has 1 atom stereocenters. The number of nitrogens with one attached hydrogen (secondary N) is 1. The zero-order valence-corrected chi connectivity index (χ0v) is 12.7. The molecule has 2 aromatic rings. The Kier molecular flexibility index (Phi) is 4.43. The number of rotatable bonds is 4. The fourth-order valence-corrected chi connectivity index (χ4v) is 2.59. The molecule has 0 aliphatic heterocycles. The SMILES string of the molecule is C[C@@H](NC(=O)c1ccc(S(C)(=O)=O)cc1)c1ccccc1. The summed E-state index contributed by atoms with van der Waals surface area (Å²) < 4.78 is 22.8. The Labute approximate surface area is 124 Å². The molecular weight excluding hydrogens is 286 g/mol. The van der Waals surface area contributed by atoms with Crippen LogP contribution in [0.3, 0.4) is 0 Å². The number of amides is 1. The molecule has 0 spiro atoms. The lowest BCUT2D eigenvalue weighted by molar-refractivity contribution is 0.0940. The number of hydrogen-bond donors (Lipinski definition) is 1. The maximum Gasteiger partial charge on any atom is 0.251 e. The Bertz CT molecular complexity index is 722. The van der Waals surface area contributed by atoms with Gasteiger partial charge >= 0.3 is 0 Å². The van der Waals surface area contributed by atoms with E-state index in [1.165, 1.54) is 24.3 Å². The third kappa shape index (κ3) is 3.92. The molecule has 110 valence electrons. The smallest absolute Gasteiger partial charge is 0.251 e. The van der Waals surface area contributed by atoms with Crippen molar-refractivity contribution in [1.29, 1.82) is 0 Å². The summed E-state index contributed by atoms with van der Waals surface area (Å²) in [6, 6.07) is 15.4. The van der Waals surface area contributed by atoms with Gasteiger partial charge in [0.15, 0.2) is 9.84 Å². The second-order valence-corrected chi connectivity index (χ2v) is 6.92. The molecule has 0 saturated carbocycles. The third-order valence-corrected chi connectivity index (χ3v) is 4.32. The van der Waals surface area contributed by atoms with Crippen molar-refractivity contribution in [1.82, 2.24) is 5.32 Å². The van der Waals surface area contributed by atoms with Crippen LogP contribution in [0.4, 0.5) is 0 Å². The van der Waals surface area contributed by atoms with Crippen molar-refractivity contribution in [2.75, 3.05) is 6.26 Å². The van der Waals surface area contributed by atoms with Gasteiger partial charge in [0, 0.05) is 11.8 Å². The predicted molar refractivity (Wildman–Crippen MR) is 81.9 cm³/mol. The molecule has 5 heteroatoms. The lowest BCUT2D eigenvalue weighted by atomic mass is 10.1. The molecule has 0 bridgehead atoms. The average molecular weight is 303 g/mol. The van der Waals surface area contributed by atoms with Crippen LogP contribution in [-0.4, -0.2) is 20.6 Å². The number of benzene rings is 2. The quantitative estimate of drug-likeness (QED) is 0.944. The second kappa shape index (κ2) is 6.10. The first kappa shape index (κ1) is 15.3. The third-order valence-electron chi connectivity index (χ3n) is 3.19. The minimum absolute atomic E-state index is 0.117. The Morgan fingerprint density at radius 1 is 1.00 bits per heavy atom. The van der Waals surface area contributed by atoms with Gasteiger partial charge in [0.2, 0.25) is 0 Å². The fourth-order valence-electron chi connectivity index (χ4n) is 1.96. The first-order valence-electron chi connectivity index (χ1n) is 6.54. The van der Waals surface area contributed by atoms with Crippen LogP contribution in [0, 0.1) is 0 Å². The molecule has 1 N–H and O–H groups in total. The number of carbonyl (C=O) groups excluding carboxylic acids is 1. The van der Waals surface area contributed by atoms with Crippen molar-refractivity contribution in [2.24, 2.45) is 0 Å². The first-order valence-corrected chi connectivity index (χ1v) is 8.43. The van der Waals surface area contributed by atoms with E-state index in [2.05, 4.69) is 5.32 Å². The van der Waals surface area contributed by atoms with Gasteiger partial charge in [-0.3, -0.25) is 4.79 Å². The highest BCUT2D eigenvalue weighted by molar-refractivity contribution is 7.90. The summed E-state index contributed by atoms with van der Waals surface area (Å²) in [4.78, 5) is 12.3. The number of hydrogen-bond acceptors (Lipinski definition) is 3. The molecule has 0 radical (unpaired) electrons. The normalized spacial score (nSPS) is 12.7. The van der Waals surface area contributed by atoms with Gasteiger partial charge < -0.3 is 5.32 Å². The molecule has 0 aliphatic carbocycles. The minimum Gasteiger partial charge on any atom is -0.346 e. The predicted octanol–water partition coefficient (Wildman–Crippen LogP) is 2.58. The molecular formula is C16H17NO3S. The molecule has 0 heterocycles. The monoisotopic (exact) mass is 303 g/mol. The summed E-state index contributed by atoms with van der Waals surface area (Å²) in [6.45, 7) is 1.90. The van der Waals surface area contributed by atoms with Crippen molar-refractivity contribution in [2.45, 2.75) is 17.9 Å². The summed E-state index contributed by atoms with van der Waals surface area (Å²) in [5, 5.41) is 2.88. The van der Waals surface area contributed by atoms with E-state index >= 15 is 0 Å². The van der Waals surface area contributed by atoms with E-state index in [4.69, 9.17) is 0 Å². The Morgan fingerprint density at radius 3 is 2.10 bits per heavy atom. The molecule has 2 rings (SSSR count). The molecule has 1 amide bonds. The average Bonchev–Trinajstić information content (AvgIpc) is 2.47. The molecule has 21 heavy (non-hydrogen) atoms. The molecule has 2 aromatic carbocycles. The molecule has 0 unspecified atom stereocenters. The number of sulfone groups is 1. The topological polar surface area (TPSA) is 63.2 Å². The van der Waals surface area contributed by atoms with Crippen LogP contribution in [0.15, 0.2) is 59.5 Å². The van der Waals surface area contributed by atoms with Crippen LogP contribution in [-0.2, 0) is 9.84 Å². The van der Waals surface area contributed by atoms with Crippen molar-refractivity contribution >= 4 is 15.7 Å². The van der Waals surface area contributed by atoms with Crippen LogP contribution >= 0.6 is 0 Å². The summed E-state index contributed by atoms with van der Waals surface area (Å²) in [5.41, 5.74) is 1.45. The highest BCUT2D eigenvalue weighted by Crippen LogP contribution is 2.14. The highest BCUT2D eigenvalue weighted by atomic mass is 32.2. The maximum atomic E-state index is 12.1. The maximum absolute atomic E-state index is 12.1. The van der Waals surface area contributed by atoms with E-state index in [0.717, 1.165) is 11.8 Å². The van der Waals surface area contributed by atoms with E-state index in [9.17, 15) is 13.2 Å². The zero-order valence-electron chi connectivity index (χ0n) is 11.9. The Morgan fingerprint density at radius 2 is 1.57 bits per heavy atom. The first-order chi connectivity index (χ1) is 9.88. The van der Waals surface area contributed by atoms with Crippen molar-refractivity contribution < 1.29 is 13.2 Å². The lowest BCUT2D eigenvalue weighted by Gasteiger charge is -2.14. The van der Waals surface area contributed by atoms with Gasteiger partial charge in [-0.25, -0.2) is 8.42 Å². The van der Waals surface area contributed by atoms with Crippen LogP contribution in [0.1, 0.15) is 28.9 Å². The second-order valence-electron chi connectivity index (χ2n) is 4.90. The standard InChI is InChI=1S/C16H17NO3S/c1-12(13-6-4-3-5-7-13)17-16(18)14-8-10-15(11-9-14)21(2,19)20/h3-12H,1-2H3,(H,17,18)/t12-/m1/s1.